The predicted molar refractivity (Wildman–Crippen MR) is 73.7 cm³/mol. The van der Waals surface area contributed by atoms with Gasteiger partial charge in [-0.15, -0.1) is 0 Å². The third-order valence-electron chi connectivity index (χ3n) is 3.67. The quantitative estimate of drug-likeness (QED) is 0.852. The first-order chi connectivity index (χ1) is 8.48. The van der Waals surface area contributed by atoms with E-state index in [0.717, 1.165) is 25.1 Å². The second-order valence-electron chi connectivity index (χ2n) is 5.64. The Morgan fingerprint density at radius 1 is 1.44 bits per heavy atom. The van der Waals surface area contributed by atoms with E-state index in [2.05, 4.69) is 49.6 Å². The molecule has 0 aliphatic carbocycles. The average Bonchev–Trinajstić information content (AvgIpc) is 2.70. The lowest BCUT2D eigenvalue weighted by molar-refractivity contribution is -0.122. The van der Waals surface area contributed by atoms with E-state index < -0.39 is 0 Å². The summed E-state index contributed by atoms with van der Waals surface area (Å²) < 4.78 is 0. The van der Waals surface area contributed by atoms with Crippen molar-refractivity contribution >= 4 is 5.91 Å². The molecule has 2 rings (SSSR count). The van der Waals surface area contributed by atoms with Crippen molar-refractivity contribution in [1.29, 1.82) is 0 Å². The number of nitrogens with one attached hydrogen (secondary N) is 2. The van der Waals surface area contributed by atoms with E-state index in [-0.39, 0.29) is 11.4 Å². The molecule has 1 aromatic rings. The smallest absolute Gasteiger partial charge is 0.224 e. The maximum Gasteiger partial charge on any atom is 0.224 e. The topological polar surface area (TPSA) is 41.1 Å². The minimum absolute atomic E-state index is 0.0746. The van der Waals surface area contributed by atoms with Crippen LogP contribution in [-0.4, -0.2) is 24.5 Å². The molecule has 0 aromatic heterocycles. The maximum atomic E-state index is 12.1. The fourth-order valence-electron chi connectivity index (χ4n) is 2.47. The van der Waals surface area contributed by atoms with Crippen LogP contribution in [0.15, 0.2) is 18.2 Å². The maximum absolute atomic E-state index is 12.1. The van der Waals surface area contributed by atoms with Gasteiger partial charge in [0, 0.05) is 6.54 Å². The molecular weight excluding hydrogens is 224 g/mol. The fourth-order valence-corrected chi connectivity index (χ4v) is 2.47. The Morgan fingerprint density at radius 3 is 2.89 bits per heavy atom. The molecule has 1 saturated heterocycles. The third kappa shape index (κ3) is 3.10. The summed E-state index contributed by atoms with van der Waals surface area (Å²) in [5, 5.41) is 6.44. The molecule has 1 heterocycles. The van der Waals surface area contributed by atoms with Crippen molar-refractivity contribution in [1.82, 2.24) is 10.6 Å². The summed E-state index contributed by atoms with van der Waals surface area (Å²) in [6, 6.07) is 6.26. The lowest BCUT2D eigenvalue weighted by atomic mass is 9.99. The highest BCUT2D eigenvalue weighted by atomic mass is 16.1. The second kappa shape index (κ2) is 5.11. The van der Waals surface area contributed by atoms with Gasteiger partial charge in [-0.25, -0.2) is 0 Å². The van der Waals surface area contributed by atoms with Crippen LogP contribution in [0.5, 0.6) is 0 Å². The van der Waals surface area contributed by atoms with Gasteiger partial charge in [0.15, 0.2) is 0 Å². The standard InChI is InChI=1S/C15H22N2O/c1-11-4-5-12(2)13(8-11)9-14(18)17-15(3)6-7-16-10-15/h4-5,8,16H,6-7,9-10H2,1-3H3,(H,17,18). The molecule has 1 aromatic carbocycles. The van der Waals surface area contributed by atoms with Crippen LogP contribution >= 0.6 is 0 Å². The lowest BCUT2D eigenvalue weighted by Gasteiger charge is -2.24. The number of aryl methyl sites for hydroxylation is 2. The molecule has 3 heteroatoms. The summed E-state index contributed by atoms with van der Waals surface area (Å²) in [5.74, 6) is 0.120. The molecule has 1 unspecified atom stereocenters. The molecule has 1 fully saturated rings. The van der Waals surface area contributed by atoms with E-state index in [1.165, 1.54) is 11.1 Å². The monoisotopic (exact) mass is 246 g/mol. The average molecular weight is 246 g/mol. The van der Waals surface area contributed by atoms with Gasteiger partial charge in [0.25, 0.3) is 0 Å². The van der Waals surface area contributed by atoms with E-state index in [1.54, 1.807) is 0 Å². The number of amides is 1. The summed E-state index contributed by atoms with van der Waals surface area (Å²) in [7, 11) is 0. The van der Waals surface area contributed by atoms with Crippen molar-refractivity contribution in [2.75, 3.05) is 13.1 Å². The molecule has 1 aliphatic rings. The van der Waals surface area contributed by atoms with Gasteiger partial charge in [0.1, 0.15) is 0 Å². The first-order valence-corrected chi connectivity index (χ1v) is 6.56. The van der Waals surface area contributed by atoms with Crippen molar-refractivity contribution in [3.8, 4) is 0 Å². The van der Waals surface area contributed by atoms with Gasteiger partial charge in [-0.2, -0.15) is 0 Å². The Labute approximate surface area is 109 Å². The highest BCUT2D eigenvalue weighted by Crippen LogP contribution is 2.15. The van der Waals surface area contributed by atoms with E-state index in [9.17, 15) is 4.79 Å². The third-order valence-corrected chi connectivity index (χ3v) is 3.67. The molecule has 0 spiro atoms. The van der Waals surface area contributed by atoms with Gasteiger partial charge in [0.2, 0.25) is 5.91 Å². The van der Waals surface area contributed by atoms with Gasteiger partial charge in [-0.05, 0) is 44.9 Å². The molecule has 0 radical (unpaired) electrons. The van der Waals surface area contributed by atoms with Crippen LogP contribution in [0.4, 0.5) is 0 Å². The molecule has 0 saturated carbocycles. The summed E-state index contributed by atoms with van der Waals surface area (Å²) in [4.78, 5) is 12.1. The zero-order valence-electron chi connectivity index (χ0n) is 11.5. The molecule has 1 amide bonds. The number of hydrogen-bond donors (Lipinski definition) is 2. The van der Waals surface area contributed by atoms with Crippen LogP contribution in [0.1, 0.15) is 30.0 Å². The van der Waals surface area contributed by atoms with Crippen LogP contribution in [0.3, 0.4) is 0 Å². The van der Waals surface area contributed by atoms with Crippen LogP contribution in [0.2, 0.25) is 0 Å². The number of benzene rings is 1. The molecule has 1 aliphatic heterocycles. The Hall–Kier alpha value is -1.35. The summed E-state index contributed by atoms with van der Waals surface area (Å²) in [6.07, 6.45) is 1.48. The van der Waals surface area contributed by atoms with E-state index in [1.807, 2.05) is 0 Å². The second-order valence-corrected chi connectivity index (χ2v) is 5.64. The lowest BCUT2D eigenvalue weighted by Crippen LogP contribution is -2.48. The minimum Gasteiger partial charge on any atom is -0.349 e. The van der Waals surface area contributed by atoms with Crippen molar-refractivity contribution in [2.24, 2.45) is 0 Å². The number of carbonyl (C=O) groups excluding carboxylic acids is 1. The van der Waals surface area contributed by atoms with E-state index in [0.29, 0.717) is 6.42 Å². The van der Waals surface area contributed by atoms with Crippen molar-refractivity contribution < 1.29 is 4.79 Å². The highest BCUT2D eigenvalue weighted by molar-refractivity contribution is 5.79. The van der Waals surface area contributed by atoms with Gasteiger partial charge >= 0.3 is 0 Å². The van der Waals surface area contributed by atoms with Crippen LogP contribution in [0.25, 0.3) is 0 Å². The van der Waals surface area contributed by atoms with Crippen LogP contribution in [0, 0.1) is 13.8 Å². The normalized spacial score (nSPS) is 23.1. The number of carbonyl (C=O) groups is 1. The highest BCUT2D eigenvalue weighted by Gasteiger charge is 2.29. The molecule has 3 nitrogen and oxygen atoms in total. The van der Waals surface area contributed by atoms with Crippen molar-refractivity contribution in [3.05, 3.63) is 34.9 Å². The summed E-state index contributed by atoms with van der Waals surface area (Å²) in [6.45, 7) is 8.07. The zero-order valence-corrected chi connectivity index (χ0v) is 11.5. The Kier molecular flexibility index (Phi) is 3.71. The van der Waals surface area contributed by atoms with Crippen LogP contribution in [-0.2, 0) is 11.2 Å². The van der Waals surface area contributed by atoms with Crippen molar-refractivity contribution in [2.45, 2.75) is 39.2 Å². The number of rotatable bonds is 3. The minimum atomic E-state index is -0.0746. The van der Waals surface area contributed by atoms with E-state index >= 15 is 0 Å². The summed E-state index contributed by atoms with van der Waals surface area (Å²) in [5.41, 5.74) is 3.44. The van der Waals surface area contributed by atoms with Crippen molar-refractivity contribution in [3.63, 3.8) is 0 Å². The van der Waals surface area contributed by atoms with Gasteiger partial charge in [-0.3, -0.25) is 4.79 Å². The largest absolute Gasteiger partial charge is 0.349 e. The Bertz CT molecular complexity index is 448. The van der Waals surface area contributed by atoms with Gasteiger partial charge in [-0.1, -0.05) is 23.8 Å². The fraction of sp³-hybridized carbons (Fsp3) is 0.533. The predicted octanol–water partition coefficient (Wildman–Crippen LogP) is 1.71. The summed E-state index contributed by atoms with van der Waals surface area (Å²) >= 11 is 0. The molecule has 18 heavy (non-hydrogen) atoms. The molecular formula is C15H22N2O. The molecule has 98 valence electrons. The van der Waals surface area contributed by atoms with Gasteiger partial charge in [0.05, 0.1) is 12.0 Å². The zero-order chi connectivity index (χ0) is 13.2. The SMILES string of the molecule is Cc1ccc(C)c(CC(=O)NC2(C)CCNC2)c1. The first kappa shape index (κ1) is 13.1. The molecule has 0 bridgehead atoms. The Balaban J connectivity index is 2.00. The molecule has 2 N–H and O–H groups in total. The molecule has 1 atom stereocenters. The van der Waals surface area contributed by atoms with Gasteiger partial charge < -0.3 is 10.6 Å². The first-order valence-electron chi connectivity index (χ1n) is 6.56. The Morgan fingerprint density at radius 2 is 2.22 bits per heavy atom. The van der Waals surface area contributed by atoms with E-state index in [4.69, 9.17) is 0 Å². The van der Waals surface area contributed by atoms with Crippen LogP contribution < -0.4 is 10.6 Å². The number of hydrogen-bond acceptors (Lipinski definition) is 2.